The zero-order chi connectivity index (χ0) is 23.0. The van der Waals surface area contributed by atoms with Crippen molar-refractivity contribution in [1.82, 2.24) is 4.98 Å². The highest BCUT2D eigenvalue weighted by atomic mass is 32.2. The summed E-state index contributed by atoms with van der Waals surface area (Å²) in [7, 11) is -3.94. The Labute approximate surface area is 179 Å². The Hall–Kier alpha value is -1.95. The summed E-state index contributed by atoms with van der Waals surface area (Å²) in [6.45, 7) is 10.0. The maximum Gasteiger partial charge on any atom is 0.354 e. The lowest BCUT2D eigenvalue weighted by Gasteiger charge is -2.19. The number of hydrogen-bond donors (Lipinski definition) is 3. The fourth-order valence-corrected chi connectivity index (χ4v) is 5.14. The van der Waals surface area contributed by atoms with Crippen LogP contribution in [0.25, 0.3) is 0 Å². The molecule has 0 aliphatic rings. The Kier molecular flexibility index (Phi) is 7.02. The molecule has 2 rings (SSSR count). The molecule has 0 aliphatic carbocycles. The zero-order valence-electron chi connectivity index (χ0n) is 17.6. The average Bonchev–Trinajstić information content (AvgIpc) is 2.96. The van der Waals surface area contributed by atoms with Gasteiger partial charge in [-0.05, 0) is 31.7 Å². The smallest absolute Gasteiger partial charge is 0.354 e. The first-order valence-electron chi connectivity index (χ1n) is 9.21. The van der Waals surface area contributed by atoms with Gasteiger partial charge in [-0.2, -0.15) is 0 Å². The topological polar surface area (TPSA) is 118 Å². The number of anilines is 1. The predicted molar refractivity (Wildman–Crippen MR) is 114 cm³/mol. The van der Waals surface area contributed by atoms with E-state index >= 15 is 0 Å². The van der Waals surface area contributed by atoms with Gasteiger partial charge in [0.05, 0.1) is 23.2 Å². The van der Waals surface area contributed by atoms with E-state index in [1.807, 2.05) is 13.8 Å². The summed E-state index contributed by atoms with van der Waals surface area (Å²) in [5, 5.41) is 18.1. The van der Waals surface area contributed by atoms with Crippen molar-refractivity contribution in [2.24, 2.45) is 9.50 Å². The Morgan fingerprint density at radius 3 is 2.33 bits per heavy atom. The second kappa shape index (κ2) is 8.66. The van der Waals surface area contributed by atoms with E-state index in [9.17, 15) is 22.9 Å². The molecule has 2 amide bonds. The van der Waals surface area contributed by atoms with Crippen LogP contribution in [0.5, 0.6) is 0 Å². The number of aromatic nitrogens is 1. The molecule has 0 saturated carbocycles. The number of pyridine rings is 1. The first kappa shape index (κ1) is 24.3. The molecule has 0 saturated heterocycles. The molecule has 0 spiro atoms. The third kappa shape index (κ3) is 5.20. The Balaban J connectivity index is 2.51. The van der Waals surface area contributed by atoms with E-state index in [0.29, 0.717) is 17.0 Å². The lowest BCUT2D eigenvalue weighted by Crippen LogP contribution is -2.20. The van der Waals surface area contributed by atoms with Crippen molar-refractivity contribution < 1.29 is 22.9 Å². The maximum atomic E-state index is 14.4. The second-order valence-corrected chi connectivity index (χ2v) is 11.0. The van der Waals surface area contributed by atoms with Crippen molar-refractivity contribution in [3.63, 3.8) is 0 Å². The van der Waals surface area contributed by atoms with Gasteiger partial charge in [0, 0.05) is 10.4 Å². The molecule has 2 aromatic rings. The minimum Gasteiger partial charge on any atom is -0.385 e. The number of nitrogens with two attached hydrogens (primary N) is 1. The van der Waals surface area contributed by atoms with Crippen LogP contribution in [0.1, 0.15) is 69.5 Å². The third-order valence-electron chi connectivity index (χ3n) is 4.20. The van der Waals surface area contributed by atoms with Gasteiger partial charge in [-0.1, -0.05) is 27.7 Å². The van der Waals surface area contributed by atoms with Gasteiger partial charge in [-0.25, -0.2) is 22.9 Å². The summed E-state index contributed by atoms with van der Waals surface area (Å²) in [6, 6.07) is -0.110. The van der Waals surface area contributed by atoms with Crippen molar-refractivity contribution in [3.05, 3.63) is 40.0 Å². The molecule has 0 fully saturated rings. The number of aliphatic hydroxyl groups is 1. The summed E-state index contributed by atoms with van der Waals surface area (Å²) in [6.07, 6.45) is 1.09. The molecule has 0 bridgehead atoms. The molecule has 2 heterocycles. The minimum absolute atomic E-state index is 0.132. The van der Waals surface area contributed by atoms with Crippen molar-refractivity contribution in [2.75, 3.05) is 5.32 Å². The van der Waals surface area contributed by atoms with Gasteiger partial charge in [-0.15, -0.1) is 15.7 Å². The molecule has 4 N–H and O–H groups in total. The van der Waals surface area contributed by atoms with Gasteiger partial charge in [0.25, 0.3) is 0 Å². The molecule has 0 aliphatic heterocycles. The Bertz CT molecular complexity index is 1080. The van der Waals surface area contributed by atoms with Gasteiger partial charge < -0.3 is 10.4 Å². The number of halogens is 2. The van der Waals surface area contributed by atoms with Crippen LogP contribution in [-0.4, -0.2) is 20.3 Å². The third-order valence-corrected chi connectivity index (χ3v) is 7.55. The number of nitrogens with one attached hydrogen (secondary N) is 1. The lowest BCUT2D eigenvalue weighted by atomic mass is 9.96. The molecular formula is C19H26F2N4O3S2. The normalized spacial score (nSPS) is 14.1. The number of urea groups is 1. The fourth-order valence-electron chi connectivity index (χ4n) is 2.80. The monoisotopic (exact) mass is 460 g/mol. The van der Waals surface area contributed by atoms with E-state index in [0.717, 1.165) is 12.3 Å². The summed E-state index contributed by atoms with van der Waals surface area (Å²) < 4.78 is 44.5. The standard InChI is InChI=1S/C19H26F2N4O3S2/c1-9(2)14-12(21)8-23-15(10(3)4)16(14)24-18(26)25-30(22,28)17-11(20)7-13(29-17)19(5,6)27/h7-10,27H,1-6H3,(H3,22,24,25,26,28)/t30-/m0/s1. The van der Waals surface area contributed by atoms with Crippen molar-refractivity contribution >= 4 is 33.0 Å². The van der Waals surface area contributed by atoms with Gasteiger partial charge in [-0.3, -0.25) is 4.98 Å². The van der Waals surface area contributed by atoms with E-state index in [1.54, 1.807) is 13.8 Å². The van der Waals surface area contributed by atoms with Crippen LogP contribution in [0.4, 0.5) is 19.3 Å². The summed E-state index contributed by atoms with van der Waals surface area (Å²) in [4.78, 5) is 16.8. The van der Waals surface area contributed by atoms with Crippen LogP contribution in [0.3, 0.4) is 0 Å². The van der Waals surface area contributed by atoms with E-state index in [4.69, 9.17) is 5.14 Å². The minimum atomic E-state index is -3.94. The van der Waals surface area contributed by atoms with Crippen LogP contribution in [0, 0.1) is 11.6 Å². The lowest BCUT2D eigenvalue weighted by molar-refractivity contribution is 0.0823. The van der Waals surface area contributed by atoms with Crippen LogP contribution < -0.4 is 10.5 Å². The summed E-state index contributed by atoms with van der Waals surface area (Å²) >= 11 is 0.669. The highest BCUT2D eigenvalue weighted by Crippen LogP contribution is 2.34. The number of amides is 2. The molecule has 166 valence electrons. The first-order valence-corrected chi connectivity index (χ1v) is 11.6. The molecule has 0 aromatic carbocycles. The van der Waals surface area contributed by atoms with Crippen LogP contribution >= 0.6 is 11.3 Å². The van der Waals surface area contributed by atoms with E-state index < -0.39 is 37.4 Å². The fraction of sp³-hybridized carbons (Fsp3) is 0.474. The molecule has 7 nitrogen and oxygen atoms in total. The first-order chi connectivity index (χ1) is 13.6. The van der Waals surface area contributed by atoms with Crippen LogP contribution in [0.2, 0.25) is 0 Å². The quantitative estimate of drug-likeness (QED) is 0.592. The van der Waals surface area contributed by atoms with E-state index in [1.165, 1.54) is 13.8 Å². The molecule has 0 unspecified atom stereocenters. The second-order valence-electron chi connectivity index (χ2n) is 7.98. The summed E-state index contributed by atoms with van der Waals surface area (Å²) in [5.74, 6) is -1.96. The number of rotatable bonds is 5. The van der Waals surface area contributed by atoms with Gasteiger partial charge in [0.2, 0.25) is 0 Å². The number of thiophene rings is 1. The number of nitrogens with zero attached hydrogens (tertiary/aromatic N) is 2. The Morgan fingerprint density at radius 1 is 1.27 bits per heavy atom. The predicted octanol–water partition coefficient (Wildman–Crippen LogP) is 4.83. The largest absolute Gasteiger partial charge is 0.385 e. The molecular weight excluding hydrogens is 434 g/mol. The van der Waals surface area contributed by atoms with Crippen molar-refractivity contribution in [2.45, 2.75) is 63.2 Å². The highest BCUT2D eigenvalue weighted by Gasteiger charge is 2.27. The van der Waals surface area contributed by atoms with E-state index in [2.05, 4.69) is 14.7 Å². The van der Waals surface area contributed by atoms with Crippen LogP contribution in [0.15, 0.2) is 20.8 Å². The van der Waals surface area contributed by atoms with E-state index in [-0.39, 0.29) is 28.0 Å². The Morgan fingerprint density at radius 2 is 1.87 bits per heavy atom. The molecule has 11 heteroatoms. The zero-order valence-corrected chi connectivity index (χ0v) is 19.3. The van der Waals surface area contributed by atoms with Crippen LogP contribution in [-0.2, 0) is 15.5 Å². The van der Waals surface area contributed by atoms with Gasteiger partial charge in [0.15, 0.2) is 19.9 Å². The molecule has 30 heavy (non-hydrogen) atoms. The molecule has 1 atom stereocenters. The van der Waals surface area contributed by atoms with Crippen molar-refractivity contribution in [1.29, 1.82) is 0 Å². The van der Waals surface area contributed by atoms with Crippen molar-refractivity contribution in [3.8, 4) is 0 Å². The maximum absolute atomic E-state index is 14.4. The average molecular weight is 461 g/mol. The molecule has 0 radical (unpaired) electrons. The highest BCUT2D eigenvalue weighted by molar-refractivity contribution is 7.93. The number of hydrogen-bond acceptors (Lipinski definition) is 5. The number of carbonyl (C=O) groups excluding carboxylic acids is 1. The SMILES string of the molecule is CC(C)c1ncc(F)c(C(C)C)c1NC(=O)N=[S@](N)(=O)c1sc(C(C)(C)O)cc1F. The molecule has 2 aromatic heterocycles. The van der Waals surface area contributed by atoms with Gasteiger partial charge >= 0.3 is 6.03 Å². The van der Waals surface area contributed by atoms with Gasteiger partial charge in [0.1, 0.15) is 5.82 Å². The summed E-state index contributed by atoms with van der Waals surface area (Å²) in [5.41, 5.74) is -0.591. The number of carbonyl (C=O) groups is 1.